The lowest BCUT2D eigenvalue weighted by molar-refractivity contribution is 0.274. The Morgan fingerprint density at radius 1 is 1.14 bits per heavy atom. The molecule has 2 aliphatic rings. The highest BCUT2D eigenvalue weighted by Crippen LogP contribution is 2.35. The normalized spacial score (nSPS) is 19.5. The van der Waals surface area contributed by atoms with Crippen LogP contribution < -0.4 is 10.2 Å². The second kappa shape index (κ2) is 6.83. The summed E-state index contributed by atoms with van der Waals surface area (Å²) in [5.41, 5.74) is 2.56. The van der Waals surface area contributed by atoms with E-state index in [0.717, 1.165) is 19.0 Å². The van der Waals surface area contributed by atoms with Gasteiger partial charge >= 0.3 is 0 Å². The summed E-state index contributed by atoms with van der Waals surface area (Å²) in [6, 6.07) is 8.57. The molecule has 5 nitrogen and oxygen atoms in total. The molecule has 0 atom stereocenters. The molecule has 2 aliphatic heterocycles. The van der Waals surface area contributed by atoms with Crippen molar-refractivity contribution in [1.29, 1.82) is 0 Å². The van der Waals surface area contributed by atoms with Crippen LogP contribution in [0.2, 0.25) is 0 Å². The predicted molar refractivity (Wildman–Crippen MR) is 88.2 cm³/mol. The predicted octanol–water partition coefficient (Wildman–Crippen LogP) is 2.46. The van der Waals surface area contributed by atoms with Crippen molar-refractivity contribution in [3.8, 4) is 0 Å². The van der Waals surface area contributed by atoms with E-state index in [2.05, 4.69) is 39.5 Å². The van der Waals surface area contributed by atoms with Crippen LogP contribution >= 0.6 is 0 Å². The van der Waals surface area contributed by atoms with E-state index >= 15 is 0 Å². The Labute approximate surface area is 131 Å². The maximum atomic E-state index is 5.55. The lowest BCUT2D eigenvalue weighted by atomic mass is 9.89. The molecule has 0 aliphatic carbocycles. The van der Waals surface area contributed by atoms with E-state index in [1.807, 2.05) is 6.08 Å². The molecule has 1 N–H and O–H groups in total. The van der Waals surface area contributed by atoms with Crippen molar-refractivity contribution < 1.29 is 9.47 Å². The molecule has 118 valence electrons. The van der Waals surface area contributed by atoms with Crippen molar-refractivity contribution in [3.63, 3.8) is 0 Å². The average Bonchev–Trinajstić information content (AvgIpc) is 2.62. The molecule has 5 heteroatoms. The number of aliphatic imine (C=N–C) groups is 1. The first-order chi connectivity index (χ1) is 10.8. The van der Waals surface area contributed by atoms with Gasteiger partial charge in [-0.2, -0.15) is 0 Å². The minimum absolute atomic E-state index is 0.519. The number of anilines is 1. The molecule has 0 bridgehead atoms. The molecule has 3 rings (SSSR count). The van der Waals surface area contributed by atoms with Crippen LogP contribution in [0, 0.1) is 0 Å². The third kappa shape index (κ3) is 2.95. The molecule has 0 spiro atoms. The van der Waals surface area contributed by atoms with Gasteiger partial charge in [0.15, 0.2) is 0 Å². The second-order valence-electron chi connectivity index (χ2n) is 5.54. The highest BCUT2D eigenvalue weighted by Gasteiger charge is 2.24. The van der Waals surface area contributed by atoms with Crippen molar-refractivity contribution in [2.24, 2.45) is 4.99 Å². The SMILES string of the molecule is COC1=CC(OC)=NCN1c1ccccc1C1CCNCC1. The van der Waals surface area contributed by atoms with Gasteiger partial charge in [-0.15, -0.1) is 0 Å². The number of nitrogens with zero attached hydrogens (tertiary/aromatic N) is 2. The molecular formula is C17H23N3O2. The van der Waals surface area contributed by atoms with Crippen molar-refractivity contribution in [2.75, 3.05) is 38.9 Å². The van der Waals surface area contributed by atoms with Crippen molar-refractivity contribution in [2.45, 2.75) is 18.8 Å². The first kappa shape index (κ1) is 14.9. The molecule has 0 saturated carbocycles. The number of piperidine rings is 1. The number of hydrogen-bond acceptors (Lipinski definition) is 5. The lowest BCUT2D eigenvalue weighted by Crippen LogP contribution is -2.31. The van der Waals surface area contributed by atoms with Crippen molar-refractivity contribution in [1.82, 2.24) is 5.32 Å². The fraction of sp³-hybridized carbons (Fsp3) is 0.471. The van der Waals surface area contributed by atoms with E-state index in [0.29, 0.717) is 18.5 Å². The van der Waals surface area contributed by atoms with Gasteiger partial charge < -0.3 is 14.8 Å². The fourth-order valence-corrected chi connectivity index (χ4v) is 3.14. The van der Waals surface area contributed by atoms with E-state index in [-0.39, 0.29) is 0 Å². The zero-order valence-electron chi connectivity index (χ0n) is 13.2. The number of nitrogens with one attached hydrogen (secondary N) is 1. The molecule has 0 radical (unpaired) electrons. The Bertz CT molecular complexity index is 577. The van der Waals surface area contributed by atoms with Crippen LogP contribution in [0.4, 0.5) is 5.69 Å². The third-order valence-corrected chi connectivity index (χ3v) is 4.31. The average molecular weight is 301 g/mol. The van der Waals surface area contributed by atoms with Gasteiger partial charge in [0.2, 0.25) is 11.8 Å². The maximum Gasteiger partial charge on any atom is 0.215 e. The van der Waals surface area contributed by atoms with E-state index in [1.165, 1.54) is 24.1 Å². The number of methoxy groups -OCH3 is 2. The van der Waals surface area contributed by atoms with E-state index < -0.39 is 0 Å². The Morgan fingerprint density at radius 3 is 2.64 bits per heavy atom. The van der Waals surface area contributed by atoms with E-state index in [9.17, 15) is 0 Å². The number of rotatable bonds is 3. The van der Waals surface area contributed by atoms with Gasteiger partial charge in [0, 0.05) is 5.69 Å². The third-order valence-electron chi connectivity index (χ3n) is 4.31. The van der Waals surface area contributed by atoms with Gasteiger partial charge in [0.05, 0.1) is 20.3 Å². The summed E-state index contributed by atoms with van der Waals surface area (Å²) in [5.74, 6) is 1.96. The fourth-order valence-electron chi connectivity index (χ4n) is 3.14. The molecule has 2 heterocycles. The summed E-state index contributed by atoms with van der Waals surface area (Å²) in [4.78, 5) is 6.55. The Hall–Kier alpha value is -2.01. The Balaban J connectivity index is 1.91. The summed E-state index contributed by atoms with van der Waals surface area (Å²) in [5, 5.41) is 3.43. The van der Waals surface area contributed by atoms with Crippen LogP contribution in [0.15, 0.2) is 41.2 Å². The first-order valence-corrected chi connectivity index (χ1v) is 7.74. The van der Waals surface area contributed by atoms with Gasteiger partial charge in [-0.25, -0.2) is 4.99 Å². The quantitative estimate of drug-likeness (QED) is 0.931. The number of benzene rings is 1. The summed E-state index contributed by atoms with van der Waals surface area (Å²) in [6.07, 6.45) is 4.18. The summed E-state index contributed by atoms with van der Waals surface area (Å²) in [7, 11) is 3.31. The maximum absolute atomic E-state index is 5.55. The summed E-state index contributed by atoms with van der Waals surface area (Å²) < 4.78 is 10.8. The van der Waals surface area contributed by atoms with Crippen LogP contribution in [0.3, 0.4) is 0 Å². The monoisotopic (exact) mass is 301 g/mol. The van der Waals surface area contributed by atoms with E-state index in [4.69, 9.17) is 9.47 Å². The number of hydrogen-bond donors (Lipinski definition) is 1. The van der Waals surface area contributed by atoms with Gasteiger partial charge in [-0.05, 0) is 43.5 Å². The van der Waals surface area contributed by atoms with Crippen molar-refractivity contribution in [3.05, 3.63) is 41.8 Å². The topological polar surface area (TPSA) is 46.1 Å². The molecule has 1 saturated heterocycles. The minimum atomic E-state index is 0.519. The number of ether oxygens (including phenoxy) is 2. The lowest BCUT2D eigenvalue weighted by Gasteiger charge is -2.32. The van der Waals surface area contributed by atoms with Crippen LogP contribution in [0.25, 0.3) is 0 Å². The summed E-state index contributed by atoms with van der Waals surface area (Å²) >= 11 is 0. The Morgan fingerprint density at radius 2 is 1.91 bits per heavy atom. The highest BCUT2D eigenvalue weighted by molar-refractivity contribution is 5.90. The van der Waals surface area contributed by atoms with Crippen LogP contribution in [-0.4, -0.2) is 39.9 Å². The zero-order valence-corrected chi connectivity index (χ0v) is 13.2. The first-order valence-electron chi connectivity index (χ1n) is 7.74. The largest absolute Gasteiger partial charge is 0.482 e. The molecule has 0 amide bonds. The van der Waals surface area contributed by atoms with Gasteiger partial charge in [0.1, 0.15) is 6.67 Å². The van der Waals surface area contributed by atoms with Crippen LogP contribution in [-0.2, 0) is 9.47 Å². The highest BCUT2D eigenvalue weighted by atomic mass is 16.5. The Kier molecular flexibility index (Phi) is 4.63. The van der Waals surface area contributed by atoms with Crippen LogP contribution in [0.1, 0.15) is 24.3 Å². The van der Waals surface area contributed by atoms with Crippen molar-refractivity contribution >= 4 is 11.6 Å². The standard InChI is InChI=1S/C17H23N3O2/c1-21-16-11-17(22-2)20(12-19-16)15-6-4-3-5-14(15)13-7-9-18-10-8-13/h3-6,11,13,18H,7-10,12H2,1-2H3. The molecule has 1 aromatic rings. The molecule has 22 heavy (non-hydrogen) atoms. The van der Waals surface area contributed by atoms with Crippen LogP contribution in [0.5, 0.6) is 0 Å². The summed E-state index contributed by atoms with van der Waals surface area (Å²) in [6.45, 7) is 2.68. The molecule has 0 aromatic heterocycles. The van der Waals surface area contributed by atoms with E-state index in [1.54, 1.807) is 14.2 Å². The van der Waals surface area contributed by atoms with Gasteiger partial charge in [0.25, 0.3) is 0 Å². The molecule has 0 unspecified atom stereocenters. The molecular weight excluding hydrogens is 278 g/mol. The van der Waals surface area contributed by atoms with Gasteiger partial charge in [-0.3, -0.25) is 4.90 Å². The zero-order chi connectivity index (χ0) is 15.4. The van der Waals surface area contributed by atoms with Gasteiger partial charge in [-0.1, -0.05) is 18.2 Å². The second-order valence-corrected chi connectivity index (χ2v) is 5.54. The smallest absolute Gasteiger partial charge is 0.215 e. The number of para-hydroxylation sites is 1. The molecule has 1 fully saturated rings. The molecule has 1 aromatic carbocycles. The minimum Gasteiger partial charge on any atom is -0.482 e.